The van der Waals surface area contributed by atoms with E-state index in [0.29, 0.717) is 46.1 Å². The van der Waals surface area contributed by atoms with Crippen LogP contribution in [0.3, 0.4) is 0 Å². The number of benzene rings is 10. The molecule has 384 valence electrons. The second kappa shape index (κ2) is 21.4. The molecule has 14 rings (SSSR count). The smallest absolute Gasteiger partial charge is 0.235 e. The van der Waals surface area contributed by atoms with Crippen LogP contribution in [0.5, 0.6) is 0 Å². The molecule has 0 aliphatic carbocycles. The van der Waals surface area contributed by atoms with Gasteiger partial charge in [0.25, 0.3) is 0 Å². The summed E-state index contributed by atoms with van der Waals surface area (Å²) in [5.41, 5.74) is 16.4. The summed E-state index contributed by atoms with van der Waals surface area (Å²) in [7, 11) is 0. The van der Waals surface area contributed by atoms with Crippen molar-refractivity contribution in [3.05, 3.63) is 285 Å². The Morgan fingerprint density at radius 2 is 0.598 bits per heavy atom. The summed E-state index contributed by atoms with van der Waals surface area (Å²) in [5, 5.41) is 10.1. The number of hydrogen-bond donors (Lipinski definition) is 0. The maximum absolute atomic E-state index is 10.1. The molecule has 10 heteroatoms. The molecule has 0 N–H and O–H groups in total. The highest BCUT2D eigenvalue weighted by Crippen LogP contribution is 2.56. The van der Waals surface area contributed by atoms with E-state index in [0.717, 1.165) is 95.6 Å². The zero-order chi connectivity index (χ0) is 54.8. The summed E-state index contributed by atoms with van der Waals surface area (Å²) >= 11 is 0. The van der Waals surface area contributed by atoms with Crippen molar-refractivity contribution in [1.82, 2.24) is 34.9 Å². The first-order valence-corrected chi connectivity index (χ1v) is 26.9. The fraction of sp³-hybridized carbons (Fsp3) is 0. The largest absolute Gasteiger partial charge is 0.306 e. The van der Waals surface area contributed by atoms with Gasteiger partial charge in [-0.15, -0.1) is 0 Å². The zero-order valence-electron chi connectivity index (χ0n) is 44.0. The van der Waals surface area contributed by atoms with Crippen LogP contribution in [0.25, 0.3) is 102 Å². The number of rotatable bonds is 11. The summed E-state index contributed by atoms with van der Waals surface area (Å²) in [5.74, 6) is 2.56. The molecule has 0 spiro atoms. The molecule has 0 fully saturated rings. The molecule has 13 aromatic rings. The van der Waals surface area contributed by atoms with Gasteiger partial charge in [-0.05, 0) is 71.8 Å². The molecule has 1 aliphatic heterocycles. The van der Waals surface area contributed by atoms with Crippen molar-refractivity contribution in [1.29, 1.82) is 5.26 Å². The first-order chi connectivity index (χ1) is 40.6. The van der Waals surface area contributed by atoms with E-state index in [4.69, 9.17) is 34.9 Å². The lowest BCUT2D eigenvalue weighted by atomic mass is 9.91. The molecular formula is C72H46N10. The van der Waals surface area contributed by atoms with Gasteiger partial charge in [0.2, 0.25) is 5.95 Å². The van der Waals surface area contributed by atoms with E-state index in [1.54, 1.807) is 0 Å². The Bertz CT molecular complexity index is 4280. The third-order valence-electron chi connectivity index (χ3n) is 14.5. The van der Waals surface area contributed by atoms with Crippen LogP contribution in [-0.4, -0.2) is 34.9 Å². The maximum Gasteiger partial charge on any atom is 0.235 e. The third-order valence-corrected chi connectivity index (χ3v) is 14.5. The summed E-state index contributed by atoms with van der Waals surface area (Å²) < 4.78 is 0. The molecular weight excluding hydrogens is 1000 g/mol. The van der Waals surface area contributed by atoms with Crippen LogP contribution in [0.2, 0.25) is 0 Å². The van der Waals surface area contributed by atoms with E-state index in [2.05, 4.69) is 125 Å². The van der Waals surface area contributed by atoms with Gasteiger partial charge in [0, 0.05) is 44.5 Å². The Morgan fingerprint density at radius 1 is 0.244 bits per heavy atom. The standard InChI is InChI=1S/C72H46N10/c73-47-48-39-41-49(42-40-48)56-44-67(81-63-35-19-21-37-65(63)82(66-38-22-20-36-64(66)81)72-76-60(51-25-9-2-10-26-51)45-61(77-72)52-27-11-3-12-28-52)58(71-79-69(54-31-15-5-16-32-54)78-70(80-71)55-33-17-6-18-34-55)43-57(56)62-46-59(50-23-7-1-8-24-50)74-68(75-62)53-29-13-4-14-30-53/h1-46H. The monoisotopic (exact) mass is 1050 g/mol. The van der Waals surface area contributed by atoms with Crippen LogP contribution < -0.4 is 9.80 Å². The van der Waals surface area contributed by atoms with Gasteiger partial charge < -0.3 is 4.90 Å². The Kier molecular flexibility index (Phi) is 12.7. The molecule has 1 aliphatic rings. The number of nitrogens with zero attached hydrogens (tertiary/aromatic N) is 10. The quantitative estimate of drug-likeness (QED) is 0.124. The fourth-order valence-corrected chi connectivity index (χ4v) is 10.6. The molecule has 0 amide bonds. The number of hydrogen-bond acceptors (Lipinski definition) is 10. The average Bonchev–Trinajstić information content (AvgIpc) is 2.46. The summed E-state index contributed by atoms with van der Waals surface area (Å²) in [6.07, 6.45) is 0. The number of fused-ring (bicyclic) bond motifs is 2. The lowest BCUT2D eigenvalue weighted by molar-refractivity contribution is 1.06. The van der Waals surface area contributed by atoms with Crippen LogP contribution in [0, 0.1) is 11.3 Å². The van der Waals surface area contributed by atoms with Crippen molar-refractivity contribution in [3.8, 4) is 108 Å². The van der Waals surface area contributed by atoms with Crippen molar-refractivity contribution in [2.75, 3.05) is 9.80 Å². The van der Waals surface area contributed by atoms with Crippen LogP contribution in [0.4, 0.5) is 34.4 Å². The minimum Gasteiger partial charge on any atom is -0.306 e. The topological polar surface area (TPSA) is 120 Å². The number of nitriles is 1. The lowest BCUT2D eigenvalue weighted by Gasteiger charge is -2.40. The SMILES string of the molecule is N#Cc1ccc(-c2cc(N3c4ccccc4N(c4nc(-c5ccccc5)cc(-c5ccccc5)n4)c4ccccc43)c(-c3nc(-c4ccccc4)nc(-c4ccccc4)n3)cc2-c2cc(-c3ccccc3)nc(-c3ccccc3)n2)cc1. The van der Waals surface area contributed by atoms with Crippen LogP contribution in [-0.2, 0) is 0 Å². The van der Waals surface area contributed by atoms with Gasteiger partial charge >= 0.3 is 0 Å². The molecule has 4 heterocycles. The van der Waals surface area contributed by atoms with E-state index in [1.165, 1.54) is 0 Å². The molecule has 0 atom stereocenters. The number of para-hydroxylation sites is 4. The van der Waals surface area contributed by atoms with Crippen molar-refractivity contribution < 1.29 is 0 Å². The third kappa shape index (κ3) is 9.36. The van der Waals surface area contributed by atoms with E-state index >= 15 is 0 Å². The second-order valence-corrected chi connectivity index (χ2v) is 19.7. The van der Waals surface area contributed by atoms with Gasteiger partial charge in [0.15, 0.2) is 23.3 Å². The highest BCUT2D eigenvalue weighted by Gasteiger charge is 2.35. The fourth-order valence-electron chi connectivity index (χ4n) is 10.6. The van der Waals surface area contributed by atoms with E-state index in [1.807, 2.05) is 170 Å². The molecule has 0 saturated heterocycles. The first kappa shape index (κ1) is 48.8. The number of anilines is 6. The predicted molar refractivity (Wildman–Crippen MR) is 328 cm³/mol. The second-order valence-electron chi connectivity index (χ2n) is 19.7. The minimum atomic E-state index is 0.444. The zero-order valence-corrected chi connectivity index (χ0v) is 44.0. The highest BCUT2D eigenvalue weighted by molar-refractivity contribution is 6.05. The molecule has 0 unspecified atom stereocenters. The highest BCUT2D eigenvalue weighted by atomic mass is 15.3. The minimum absolute atomic E-state index is 0.444. The van der Waals surface area contributed by atoms with Gasteiger partial charge in [-0.3, -0.25) is 4.90 Å². The van der Waals surface area contributed by atoms with Crippen molar-refractivity contribution in [3.63, 3.8) is 0 Å². The van der Waals surface area contributed by atoms with Gasteiger partial charge in [0.05, 0.1) is 62.8 Å². The van der Waals surface area contributed by atoms with Gasteiger partial charge in [0.1, 0.15) is 0 Å². The van der Waals surface area contributed by atoms with Crippen LogP contribution in [0.15, 0.2) is 279 Å². The summed E-state index contributed by atoms with van der Waals surface area (Å²) in [6.45, 7) is 0. The van der Waals surface area contributed by atoms with E-state index in [-0.39, 0.29) is 0 Å². The lowest BCUT2D eigenvalue weighted by Crippen LogP contribution is -2.26. The average molecular weight is 1050 g/mol. The molecule has 10 aromatic carbocycles. The molecule has 82 heavy (non-hydrogen) atoms. The Labute approximate surface area is 474 Å². The Balaban J connectivity index is 1.07. The van der Waals surface area contributed by atoms with Crippen LogP contribution >= 0.6 is 0 Å². The summed E-state index contributed by atoms with van der Waals surface area (Å²) in [4.78, 5) is 42.0. The van der Waals surface area contributed by atoms with E-state index < -0.39 is 0 Å². The molecule has 3 aromatic heterocycles. The van der Waals surface area contributed by atoms with Gasteiger partial charge in [-0.1, -0.05) is 218 Å². The molecule has 0 radical (unpaired) electrons. The van der Waals surface area contributed by atoms with Crippen molar-refractivity contribution in [2.45, 2.75) is 0 Å². The normalized spacial score (nSPS) is 11.6. The number of aromatic nitrogens is 7. The molecule has 0 bridgehead atoms. The maximum atomic E-state index is 10.1. The van der Waals surface area contributed by atoms with Crippen LogP contribution in [0.1, 0.15) is 5.56 Å². The van der Waals surface area contributed by atoms with Crippen molar-refractivity contribution >= 4 is 34.4 Å². The Hall–Kier alpha value is -11.5. The molecule has 10 nitrogen and oxygen atoms in total. The van der Waals surface area contributed by atoms with Crippen molar-refractivity contribution in [2.24, 2.45) is 0 Å². The summed E-state index contributed by atoms with van der Waals surface area (Å²) in [6, 6.07) is 96.1. The molecule has 0 saturated carbocycles. The first-order valence-electron chi connectivity index (χ1n) is 26.9. The van der Waals surface area contributed by atoms with Gasteiger partial charge in [-0.2, -0.15) is 5.26 Å². The van der Waals surface area contributed by atoms with E-state index in [9.17, 15) is 5.26 Å². The predicted octanol–water partition coefficient (Wildman–Crippen LogP) is 17.6. The van der Waals surface area contributed by atoms with Gasteiger partial charge in [-0.25, -0.2) is 34.9 Å². The Morgan fingerprint density at radius 3 is 1.04 bits per heavy atom.